The average Bonchev–Trinajstić information content (AvgIpc) is 3.12. The fourth-order valence-corrected chi connectivity index (χ4v) is 6.98. The molecule has 0 aliphatic carbocycles. The van der Waals surface area contributed by atoms with Gasteiger partial charge in [0, 0.05) is 23.7 Å². The summed E-state index contributed by atoms with van der Waals surface area (Å²) >= 11 is 2.31. The van der Waals surface area contributed by atoms with E-state index in [1.165, 1.54) is 16.7 Å². The Morgan fingerprint density at radius 2 is 2.00 bits per heavy atom. The second-order valence-electron chi connectivity index (χ2n) is 8.49. The lowest BCUT2D eigenvalue weighted by molar-refractivity contribution is -0.153. The van der Waals surface area contributed by atoms with Gasteiger partial charge in [0.1, 0.15) is 6.04 Å². The van der Waals surface area contributed by atoms with Crippen LogP contribution in [0.3, 0.4) is 0 Å². The monoisotopic (exact) mass is 478 g/mol. The molecule has 2 N–H and O–H groups in total. The van der Waals surface area contributed by atoms with Gasteiger partial charge in [-0.2, -0.15) is 0 Å². The number of carbonyl (C=O) groups excluding carboxylic acids is 3. The zero-order valence-corrected chi connectivity index (χ0v) is 20.2. The number of rotatable bonds is 7. The largest absolute Gasteiger partial charge is 0.480 e. The van der Waals surface area contributed by atoms with Crippen molar-refractivity contribution in [3.63, 3.8) is 0 Å². The maximum absolute atomic E-state index is 13.6. The molecule has 2 saturated heterocycles. The molecule has 1 aromatic rings. The maximum atomic E-state index is 13.6. The summed E-state index contributed by atoms with van der Waals surface area (Å²) in [5.74, 6) is -1.65. The van der Waals surface area contributed by atoms with Crippen molar-refractivity contribution in [2.45, 2.75) is 62.7 Å². The minimum absolute atomic E-state index is 0.0871. The highest BCUT2D eigenvalue weighted by atomic mass is 32.2. The Morgan fingerprint density at radius 1 is 1.31 bits per heavy atom. The Morgan fingerprint density at radius 3 is 2.62 bits per heavy atom. The molecule has 3 unspecified atom stereocenters. The molecule has 2 aliphatic rings. The van der Waals surface area contributed by atoms with E-state index in [0.29, 0.717) is 24.8 Å². The van der Waals surface area contributed by atoms with Crippen molar-refractivity contribution in [1.82, 2.24) is 10.2 Å². The SMILES string of the molecule is CC[C@H](C)[C@H](SC(=O)c1ccccc1)C(=O)NC12SCC(C(=O)O)N1C(=O)CCCC2C. The van der Waals surface area contributed by atoms with Gasteiger partial charge < -0.3 is 10.4 Å². The van der Waals surface area contributed by atoms with E-state index >= 15 is 0 Å². The van der Waals surface area contributed by atoms with Crippen LogP contribution in [0, 0.1) is 11.8 Å². The highest BCUT2D eigenvalue weighted by Gasteiger charge is 2.57. The first-order chi connectivity index (χ1) is 15.2. The number of nitrogens with zero attached hydrogens (tertiary/aromatic N) is 1. The Hall–Kier alpha value is -2.00. The van der Waals surface area contributed by atoms with Crippen LogP contribution in [0.25, 0.3) is 0 Å². The molecule has 174 valence electrons. The predicted molar refractivity (Wildman–Crippen MR) is 126 cm³/mol. The standard InChI is InChI=1S/C23H30N2O5S2/c1-4-14(2)19(32-22(30)16-10-6-5-7-11-16)20(27)24-23-15(3)9-8-12-18(26)25(23)17(13-31-23)21(28)29/h5-7,10-11,14-15,17,19H,4,8-9,12-13H2,1-3H3,(H,24,27)(H,28,29)/t14-,15?,17?,19-,23?/m0/s1. The number of fused-ring (bicyclic) bond motifs is 1. The molecule has 2 fully saturated rings. The van der Waals surface area contributed by atoms with Crippen LogP contribution in [0.15, 0.2) is 30.3 Å². The van der Waals surface area contributed by atoms with Crippen LogP contribution in [-0.2, 0) is 14.4 Å². The van der Waals surface area contributed by atoms with Crippen molar-refractivity contribution in [1.29, 1.82) is 0 Å². The number of carboxylic acid groups (broad SMARTS) is 1. The number of hydrogen-bond acceptors (Lipinski definition) is 6. The van der Waals surface area contributed by atoms with E-state index in [4.69, 9.17) is 0 Å². The quantitative estimate of drug-likeness (QED) is 0.617. The number of amides is 2. The van der Waals surface area contributed by atoms with Crippen LogP contribution in [-0.4, -0.2) is 54.9 Å². The van der Waals surface area contributed by atoms with Crippen LogP contribution in [0.1, 0.15) is 56.8 Å². The number of thioether (sulfide) groups is 2. The molecule has 2 amide bonds. The summed E-state index contributed by atoms with van der Waals surface area (Å²) in [5, 5.41) is 11.9. The number of hydrogen-bond donors (Lipinski definition) is 2. The molecule has 2 aliphatic heterocycles. The summed E-state index contributed by atoms with van der Waals surface area (Å²) in [6.07, 6.45) is 2.31. The van der Waals surface area contributed by atoms with Crippen LogP contribution < -0.4 is 5.32 Å². The molecule has 0 bridgehead atoms. The van der Waals surface area contributed by atoms with Gasteiger partial charge in [0.2, 0.25) is 16.9 Å². The highest BCUT2D eigenvalue weighted by Crippen LogP contribution is 2.47. The number of carboxylic acids is 1. The number of aliphatic carboxylic acids is 1. The summed E-state index contributed by atoms with van der Waals surface area (Å²) in [6, 6.07) is 7.85. The van der Waals surface area contributed by atoms with Crippen molar-refractivity contribution in [2.75, 3.05) is 5.75 Å². The van der Waals surface area contributed by atoms with Gasteiger partial charge in [-0.25, -0.2) is 4.79 Å². The minimum Gasteiger partial charge on any atom is -0.480 e. The normalized spacial score (nSPS) is 27.2. The smallest absolute Gasteiger partial charge is 0.327 e. The molecule has 0 aromatic heterocycles. The molecule has 0 spiro atoms. The Bertz CT molecular complexity index is 880. The fraction of sp³-hybridized carbons (Fsp3) is 0.565. The molecule has 3 rings (SSSR count). The first-order valence-corrected chi connectivity index (χ1v) is 12.8. The number of benzene rings is 1. The summed E-state index contributed by atoms with van der Waals surface area (Å²) in [5.41, 5.74) is 0.526. The molecule has 0 saturated carbocycles. The van der Waals surface area contributed by atoms with Gasteiger partial charge >= 0.3 is 5.97 Å². The van der Waals surface area contributed by atoms with Gasteiger partial charge in [-0.3, -0.25) is 19.3 Å². The van der Waals surface area contributed by atoms with Crippen molar-refractivity contribution in [3.05, 3.63) is 35.9 Å². The fourth-order valence-electron chi connectivity index (χ4n) is 4.24. The number of nitrogens with one attached hydrogen (secondary N) is 1. The van der Waals surface area contributed by atoms with Gasteiger partial charge in [0.05, 0.1) is 5.25 Å². The molecule has 5 atom stereocenters. The summed E-state index contributed by atoms with van der Waals surface area (Å²) in [7, 11) is 0. The Labute approximate surface area is 197 Å². The van der Waals surface area contributed by atoms with E-state index in [-0.39, 0.29) is 40.9 Å². The van der Waals surface area contributed by atoms with Crippen LogP contribution in [0.5, 0.6) is 0 Å². The second-order valence-corrected chi connectivity index (χ2v) is 10.8. The maximum Gasteiger partial charge on any atom is 0.327 e. The van der Waals surface area contributed by atoms with Crippen LogP contribution in [0.4, 0.5) is 0 Å². The van der Waals surface area contributed by atoms with E-state index in [0.717, 1.165) is 11.8 Å². The van der Waals surface area contributed by atoms with Gasteiger partial charge in [-0.15, -0.1) is 11.8 Å². The van der Waals surface area contributed by atoms with Crippen LogP contribution in [0.2, 0.25) is 0 Å². The van der Waals surface area contributed by atoms with Crippen molar-refractivity contribution < 1.29 is 24.3 Å². The minimum atomic E-state index is -1.12. The third kappa shape index (κ3) is 4.83. The molecule has 0 radical (unpaired) electrons. The van der Waals surface area contributed by atoms with Gasteiger partial charge in [0.25, 0.3) is 0 Å². The average molecular weight is 479 g/mol. The lowest BCUT2D eigenvalue weighted by Gasteiger charge is -2.43. The summed E-state index contributed by atoms with van der Waals surface area (Å²) in [6.45, 7) is 5.84. The van der Waals surface area contributed by atoms with Gasteiger partial charge in [0.15, 0.2) is 4.99 Å². The van der Waals surface area contributed by atoms with Crippen LogP contribution >= 0.6 is 23.5 Å². The molecular formula is C23H30N2O5S2. The van der Waals surface area contributed by atoms with E-state index in [9.17, 15) is 24.3 Å². The second kappa shape index (κ2) is 10.3. The first kappa shape index (κ1) is 24.6. The van der Waals surface area contributed by atoms with E-state index in [1.54, 1.807) is 24.3 Å². The summed E-state index contributed by atoms with van der Waals surface area (Å²) in [4.78, 5) is 51.5. The van der Waals surface area contributed by atoms with Crippen molar-refractivity contribution in [2.24, 2.45) is 11.8 Å². The molecule has 7 nitrogen and oxygen atoms in total. The molecule has 1 aromatic carbocycles. The summed E-state index contributed by atoms with van der Waals surface area (Å²) < 4.78 is 0. The molecular weight excluding hydrogens is 448 g/mol. The third-order valence-corrected chi connectivity index (χ3v) is 9.35. The van der Waals surface area contributed by atoms with E-state index in [2.05, 4.69) is 5.32 Å². The molecule has 2 heterocycles. The van der Waals surface area contributed by atoms with Gasteiger partial charge in [-0.1, -0.05) is 69.3 Å². The third-order valence-electron chi connectivity index (χ3n) is 6.35. The first-order valence-electron chi connectivity index (χ1n) is 11.0. The lowest BCUT2D eigenvalue weighted by Crippen LogP contribution is -2.64. The van der Waals surface area contributed by atoms with Crippen molar-refractivity contribution >= 4 is 46.4 Å². The predicted octanol–water partition coefficient (Wildman–Crippen LogP) is 3.59. The van der Waals surface area contributed by atoms with E-state index < -0.39 is 22.3 Å². The molecule has 32 heavy (non-hydrogen) atoms. The number of carbonyl (C=O) groups is 4. The zero-order valence-electron chi connectivity index (χ0n) is 18.6. The lowest BCUT2D eigenvalue weighted by atomic mass is 9.99. The zero-order chi connectivity index (χ0) is 23.5. The van der Waals surface area contributed by atoms with Gasteiger partial charge in [-0.05, 0) is 18.8 Å². The molecule has 9 heteroatoms. The Kier molecular flexibility index (Phi) is 7.92. The van der Waals surface area contributed by atoms with E-state index in [1.807, 2.05) is 26.8 Å². The highest BCUT2D eigenvalue weighted by molar-refractivity contribution is 8.15. The van der Waals surface area contributed by atoms with Crippen molar-refractivity contribution in [3.8, 4) is 0 Å². The topological polar surface area (TPSA) is 104 Å². The Balaban J connectivity index is 1.89.